The first-order valence-electron chi connectivity index (χ1n) is 11.0. The Morgan fingerprint density at radius 2 is 1.77 bits per heavy atom. The molecule has 3 N–H and O–H groups in total. The molecule has 1 heterocycles. The van der Waals surface area contributed by atoms with E-state index in [9.17, 15) is 15.0 Å². The molecule has 0 aliphatic carbocycles. The van der Waals surface area contributed by atoms with Crippen molar-refractivity contribution in [3.8, 4) is 5.75 Å². The normalized spacial score (nSPS) is 23.9. The van der Waals surface area contributed by atoms with E-state index in [2.05, 4.69) is 0 Å². The SMILES string of the molecule is CC(C)c1cccc(C(C)C)c1OC(=O)OCCCO[C@@H]1C[C@@H](O)[C@H](O)[C@@H](CCO)O1. The van der Waals surface area contributed by atoms with Gasteiger partial charge < -0.3 is 34.3 Å². The van der Waals surface area contributed by atoms with Gasteiger partial charge in [0.2, 0.25) is 0 Å². The summed E-state index contributed by atoms with van der Waals surface area (Å²) in [5.41, 5.74) is 1.92. The maximum Gasteiger partial charge on any atom is 0.513 e. The molecular weight excluding hydrogens is 404 g/mol. The standard InChI is InChI=1S/C23H36O8/c1-14(2)16-7-5-8-17(15(3)4)22(16)31-23(27)29-12-6-11-28-20-13-18(25)21(26)19(30-20)9-10-24/h5,7-8,14-15,18-21,24-26H,6,9-13H2,1-4H3/t18-,19-,20+,21+/m1/s1. The monoisotopic (exact) mass is 440 g/mol. The minimum Gasteiger partial charge on any atom is -0.434 e. The molecule has 31 heavy (non-hydrogen) atoms. The van der Waals surface area contributed by atoms with E-state index in [-0.39, 0.29) is 44.5 Å². The van der Waals surface area contributed by atoms with Gasteiger partial charge in [-0.1, -0.05) is 45.9 Å². The summed E-state index contributed by atoms with van der Waals surface area (Å²) in [6, 6.07) is 5.87. The Bertz CT molecular complexity index is 664. The predicted molar refractivity (Wildman–Crippen MR) is 114 cm³/mol. The van der Waals surface area contributed by atoms with E-state index in [0.717, 1.165) is 11.1 Å². The average molecular weight is 441 g/mol. The summed E-state index contributed by atoms with van der Waals surface area (Å²) in [5, 5.41) is 28.8. The molecule has 4 atom stereocenters. The van der Waals surface area contributed by atoms with Crippen molar-refractivity contribution in [1.29, 1.82) is 0 Å². The number of hydrogen-bond donors (Lipinski definition) is 3. The van der Waals surface area contributed by atoms with Crippen molar-refractivity contribution >= 4 is 6.16 Å². The van der Waals surface area contributed by atoms with Gasteiger partial charge in [-0.05, 0) is 29.4 Å². The minimum absolute atomic E-state index is 0.109. The highest BCUT2D eigenvalue weighted by molar-refractivity contribution is 5.66. The van der Waals surface area contributed by atoms with Crippen molar-refractivity contribution in [1.82, 2.24) is 0 Å². The summed E-state index contributed by atoms with van der Waals surface area (Å²) in [7, 11) is 0. The van der Waals surface area contributed by atoms with Gasteiger partial charge in [-0.2, -0.15) is 0 Å². The lowest BCUT2D eigenvalue weighted by atomic mass is 9.94. The predicted octanol–water partition coefficient (Wildman–Crippen LogP) is 3.07. The van der Waals surface area contributed by atoms with Gasteiger partial charge in [-0.3, -0.25) is 0 Å². The lowest BCUT2D eigenvalue weighted by Crippen LogP contribution is -2.49. The molecule has 0 spiro atoms. The molecule has 0 unspecified atom stereocenters. The molecule has 0 radical (unpaired) electrons. The molecule has 176 valence electrons. The Morgan fingerprint density at radius 1 is 1.13 bits per heavy atom. The zero-order chi connectivity index (χ0) is 23.0. The number of benzene rings is 1. The Kier molecular flexibility index (Phi) is 10.2. The number of rotatable bonds is 10. The first-order valence-corrected chi connectivity index (χ1v) is 11.0. The number of ether oxygens (including phenoxy) is 4. The van der Waals surface area contributed by atoms with Gasteiger partial charge in [0, 0.05) is 19.4 Å². The van der Waals surface area contributed by atoms with Gasteiger partial charge in [0.1, 0.15) is 11.9 Å². The Morgan fingerprint density at radius 3 is 2.35 bits per heavy atom. The lowest BCUT2D eigenvalue weighted by Gasteiger charge is -2.36. The first-order chi connectivity index (χ1) is 14.7. The Balaban J connectivity index is 1.78. The van der Waals surface area contributed by atoms with Crippen LogP contribution in [0.5, 0.6) is 5.75 Å². The first kappa shape index (κ1) is 25.5. The number of hydrogen-bond acceptors (Lipinski definition) is 8. The number of aliphatic hydroxyl groups excluding tert-OH is 3. The van der Waals surface area contributed by atoms with Crippen LogP contribution >= 0.6 is 0 Å². The van der Waals surface area contributed by atoms with Crippen molar-refractivity contribution in [2.75, 3.05) is 19.8 Å². The zero-order valence-electron chi connectivity index (χ0n) is 18.8. The van der Waals surface area contributed by atoms with Crippen LogP contribution in [-0.2, 0) is 14.2 Å². The smallest absolute Gasteiger partial charge is 0.434 e. The molecule has 2 rings (SSSR count). The average Bonchev–Trinajstić information content (AvgIpc) is 2.71. The third-order valence-electron chi connectivity index (χ3n) is 5.27. The third-order valence-corrected chi connectivity index (χ3v) is 5.27. The molecular formula is C23H36O8. The van der Waals surface area contributed by atoms with Gasteiger partial charge >= 0.3 is 6.16 Å². The van der Waals surface area contributed by atoms with E-state index in [0.29, 0.717) is 12.2 Å². The zero-order valence-corrected chi connectivity index (χ0v) is 18.8. The Labute approximate surface area is 184 Å². The van der Waals surface area contributed by atoms with Crippen molar-refractivity contribution in [2.24, 2.45) is 0 Å². The van der Waals surface area contributed by atoms with Gasteiger partial charge in [0.25, 0.3) is 0 Å². The molecule has 0 bridgehead atoms. The molecule has 0 aromatic heterocycles. The summed E-state index contributed by atoms with van der Waals surface area (Å²) in [5.74, 6) is 0.967. The van der Waals surface area contributed by atoms with Crippen LogP contribution in [-0.4, -0.2) is 65.9 Å². The van der Waals surface area contributed by atoms with E-state index < -0.39 is 30.8 Å². The number of carbonyl (C=O) groups is 1. The maximum absolute atomic E-state index is 12.2. The number of carbonyl (C=O) groups excluding carboxylic acids is 1. The quantitative estimate of drug-likeness (QED) is 0.289. The van der Waals surface area contributed by atoms with Crippen LogP contribution in [0.3, 0.4) is 0 Å². The fourth-order valence-corrected chi connectivity index (χ4v) is 3.53. The molecule has 0 amide bonds. The summed E-state index contributed by atoms with van der Waals surface area (Å²) in [6.07, 6.45) is -3.38. The van der Waals surface area contributed by atoms with Crippen LogP contribution in [0.2, 0.25) is 0 Å². The van der Waals surface area contributed by atoms with E-state index in [4.69, 9.17) is 24.1 Å². The highest BCUT2D eigenvalue weighted by Crippen LogP contribution is 2.34. The van der Waals surface area contributed by atoms with Gasteiger partial charge in [-0.15, -0.1) is 0 Å². The second-order valence-electron chi connectivity index (χ2n) is 8.41. The third kappa shape index (κ3) is 7.43. The largest absolute Gasteiger partial charge is 0.513 e. The van der Waals surface area contributed by atoms with Crippen LogP contribution in [0.25, 0.3) is 0 Å². The second kappa shape index (κ2) is 12.4. The van der Waals surface area contributed by atoms with Crippen LogP contribution in [0.1, 0.15) is 69.9 Å². The van der Waals surface area contributed by atoms with Crippen LogP contribution < -0.4 is 4.74 Å². The molecule has 0 saturated carbocycles. The molecule has 1 saturated heterocycles. The summed E-state index contributed by atoms with van der Waals surface area (Å²) in [4.78, 5) is 12.2. The van der Waals surface area contributed by atoms with Crippen molar-refractivity contribution in [3.63, 3.8) is 0 Å². The summed E-state index contributed by atoms with van der Waals surface area (Å²) >= 11 is 0. The van der Waals surface area contributed by atoms with Crippen LogP contribution in [0.15, 0.2) is 18.2 Å². The van der Waals surface area contributed by atoms with Gasteiger partial charge in [-0.25, -0.2) is 4.79 Å². The van der Waals surface area contributed by atoms with Crippen molar-refractivity contribution in [2.45, 2.75) is 83.4 Å². The van der Waals surface area contributed by atoms with Crippen molar-refractivity contribution in [3.05, 3.63) is 29.3 Å². The summed E-state index contributed by atoms with van der Waals surface area (Å²) < 4.78 is 21.9. The number of aliphatic hydroxyl groups is 3. The molecule has 8 heteroatoms. The number of para-hydroxylation sites is 1. The van der Waals surface area contributed by atoms with E-state index in [1.54, 1.807) is 0 Å². The van der Waals surface area contributed by atoms with Crippen LogP contribution in [0.4, 0.5) is 4.79 Å². The highest BCUT2D eigenvalue weighted by atomic mass is 16.7. The van der Waals surface area contributed by atoms with Gasteiger partial charge in [0.05, 0.1) is 25.4 Å². The van der Waals surface area contributed by atoms with Crippen molar-refractivity contribution < 1.29 is 39.1 Å². The second-order valence-corrected chi connectivity index (χ2v) is 8.41. The highest BCUT2D eigenvalue weighted by Gasteiger charge is 2.36. The van der Waals surface area contributed by atoms with E-state index in [1.807, 2.05) is 45.9 Å². The van der Waals surface area contributed by atoms with Crippen LogP contribution in [0, 0.1) is 0 Å². The molecule has 1 aliphatic rings. The molecule has 8 nitrogen and oxygen atoms in total. The minimum atomic E-state index is -1.05. The lowest BCUT2D eigenvalue weighted by molar-refractivity contribution is -0.253. The maximum atomic E-state index is 12.2. The molecule has 1 aromatic rings. The molecule has 1 fully saturated rings. The van der Waals surface area contributed by atoms with E-state index in [1.165, 1.54) is 0 Å². The molecule has 1 aromatic carbocycles. The topological polar surface area (TPSA) is 115 Å². The molecule has 1 aliphatic heterocycles. The summed E-state index contributed by atoms with van der Waals surface area (Å²) in [6.45, 7) is 8.37. The fraction of sp³-hybridized carbons (Fsp3) is 0.696. The van der Waals surface area contributed by atoms with E-state index >= 15 is 0 Å². The van der Waals surface area contributed by atoms with Gasteiger partial charge in [0.15, 0.2) is 6.29 Å². The Hall–Kier alpha value is -1.71. The fourth-order valence-electron chi connectivity index (χ4n) is 3.53.